The largest absolute Gasteiger partial charge is 0.381 e. The molecule has 1 N–H and O–H groups in total. The smallest absolute Gasteiger partial charge is 0.0949 e. The fourth-order valence-electron chi connectivity index (χ4n) is 2.30. The lowest BCUT2D eigenvalue weighted by Crippen LogP contribution is -2.25. The third-order valence-electron chi connectivity index (χ3n) is 3.59. The lowest BCUT2D eigenvalue weighted by molar-refractivity contribution is 0.0256. The first-order valence-electron chi connectivity index (χ1n) is 7.26. The van der Waals surface area contributed by atoms with Crippen molar-refractivity contribution in [2.45, 2.75) is 26.4 Å². The van der Waals surface area contributed by atoms with E-state index in [1.165, 1.54) is 11.1 Å². The molecule has 106 valence electrons. The van der Waals surface area contributed by atoms with E-state index in [9.17, 15) is 0 Å². The van der Waals surface area contributed by atoms with Gasteiger partial charge in [-0.2, -0.15) is 0 Å². The molecule has 1 aromatic rings. The molecule has 0 amide bonds. The molecule has 0 saturated carbocycles. The third-order valence-corrected chi connectivity index (χ3v) is 3.59. The SMILES string of the molecule is CCNCC(OCC1CCOC1)c1ccc(C)cc1. The van der Waals surface area contributed by atoms with E-state index >= 15 is 0 Å². The van der Waals surface area contributed by atoms with Crippen LogP contribution < -0.4 is 5.32 Å². The quantitative estimate of drug-likeness (QED) is 0.820. The van der Waals surface area contributed by atoms with Crippen molar-refractivity contribution < 1.29 is 9.47 Å². The highest BCUT2D eigenvalue weighted by atomic mass is 16.5. The molecule has 0 bridgehead atoms. The van der Waals surface area contributed by atoms with Crippen LogP contribution in [0, 0.1) is 12.8 Å². The van der Waals surface area contributed by atoms with Crippen LogP contribution in [0.2, 0.25) is 0 Å². The number of rotatable bonds is 7. The van der Waals surface area contributed by atoms with E-state index in [0.29, 0.717) is 5.92 Å². The zero-order valence-electron chi connectivity index (χ0n) is 12.0. The summed E-state index contributed by atoms with van der Waals surface area (Å²) in [6.45, 7) is 8.60. The van der Waals surface area contributed by atoms with Gasteiger partial charge in [-0.15, -0.1) is 0 Å². The lowest BCUT2D eigenvalue weighted by Gasteiger charge is -2.20. The summed E-state index contributed by atoms with van der Waals surface area (Å²) in [6.07, 6.45) is 1.27. The van der Waals surface area contributed by atoms with Gasteiger partial charge in [0.05, 0.1) is 19.3 Å². The number of likely N-dealkylation sites (N-methyl/N-ethyl adjacent to an activating group) is 1. The molecule has 1 aromatic carbocycles. The van der Waals surface area contributed by atoms with Crippen LogP contribution in [0.1, 0.15) is 30.6 Å². The maximum absolute atomic E-state index is 6.11. The highest BCUT2D eigenvalue weighted by Gasteiger charge is 2.19. The Kier molecular flexibility index (Phi) is 5.83. The zero-order valence-corrected chi connectivity index (χ0v) is 12.0. The summed E-state index contributed by atoms with van der Waals surface area (Å²) < 4.78 is 11.5. The maximum atomic E-state index is 6.11. The summed E-state index contributed by atoms with van der Waals surface area (Å²) >= 11 is 0. The van der Waals surface area contributed by atoms with Gasteiger partial charge in [-0.25, -0.2) is 0 Å². The van der Waals surface area contributed by atoms with Crippen LogP contribution >= 0.6 is 0 Å². The Morgan fingerprint density at radius 2 is 2.16 bits per heavy atom. The first-order chi connectivity index (χ1) is 9.29. The van der Waals surface area contributed by atoms with Gasteiger partial charge in [0.15, 0.2) is 0 Å². The summed E-state index contributed by atoms with van der Waals surface area (Å²) in [4.78, 5) is 0. The molecular formula is C16H25NO2. The normalized spacial score (nSPS) is 20.6. The van der Waals surface area contributed by atoms with Crippen LogP contribution in [0.4, 0.5) is 0 Å². The monoisotopic (exact) mass is 263 g/mol. The number of ether oxygens (including phenoxy) is 2. The van der Waals surface area contributed by atoms with Crippen LogP contribution in [0.15, 0.2) is 24.3 Å². The predicted molar refractivity (Wildman–Crippen MR) is 77.3 cm³/mol. The van der Waals surface area contributed by atoms with Crippen LogP contribution in [0.3, 0.4) is 0 Å². The Morgan fingerprint density at radius 3 is 2.79 bits per heavy atom. The predicted octanol–water partition coefficient (Wildman–Crippen LogP) is 2.70. The first-order valence-corrected chi connectivity index (χ1v) is 7.26. The maximum Gasteiger partial charge on any atom is 0.0949 e. The van der Waals surface area contributed by atoms with Crippen molar-refractivity contribution in [3.05, 3.63) is 35.4 Å². The number of hydrogen-bond donors (Lipinski definition) is 1. The van der Waals surface area contributed by atoms with Crippen LogP contribution in [0.5, 0.6) is 0 Å². The van der Waals surface area contributed by atoms with E-state index in [-0.39, 0.29) is 6.10 Å². The second kappa shape index (κ2) is 7.63. The molecule has 3 heteroatoms. The Balaban J connectivity index is 1.91. The number of aryl methyl sites for hydroxylation is 1. The van der Waals surface area contributed by atoms with Gasteiger partial charge in [-0.1, -0.05) is 36.8 Å². The van der Waals surface area contributed by atoms with Crippen molar-refractivity contribution in [2.75, 3.05) is 32.9 Å². The molecule has 3 nitrogen and oxygen atoms in total. The molecule has 2 rings (SSSR count). The van der Waals surface area contributed by atoms with Crippen molar-refractivity contribution in [1.29, 1.82) is 0 Å². The average Bonchev–Trinajstić information content (AvgIpc) is 2.93. The topological polar surface area (TPSA) is 30.5 Å². The summed E-state index contributed by atoms with van der Waals surface area (Å²) in [5.74, 6) is 0.564. The van der Waals surface area contributed by atoms with Crippen LogP contribution in [0.25, 0.3) is 0 Å². The minimum atomic E-state index is 0.140. The molecule has 2 atom stereocenters. The van der Waals surface area contributed by atoms with Crippen molar-refractivity contribution in [2.24, 2.45) is 5.92 Å². The van der Waals surface area contributed by atoms with E-state index in [0.717, 1.165) is 39.3 Å². The highest BCUT2D eigenvalue weighted by Crippen LogP contribution is 2.21. The minimum Gasteiger partial charge on any atom is -0.381 e. The molecule has 0 radical (unpaired) electrons. The van der Waals surface area contributed by atoms with E-state index < -0.39 is 0 Å². The Hall–Kier alpha value is -0.900. The van der Waals surface area contributed by atoms with Gasteiger partial charge < -0.3 is 14.8 Å². The second-order valence-corrected chi connectivity index (χ2v) is 5.27. The first kappa shape index (κ1) is 14.5. The minimum absolute atomic E-state index is 0.140. The molecule has 0 aliphatic carbocycles. The van der Waals surface area contributed by atoms with Gasteiger partial charge >= 0.3 is 0 Å². The Morgan fingerprint density at radius 1 is 1.37 bits per heavy atom. The third kappa shape index (κ3) is 4.60. The molecule has 19 heavy (non-hydrogen) atoms. The Bertz CT molecular complexity index is 358. The van der Waals surface area contributed by atoms with Crippen LogP contribution in [-0.4, -0.2) is 32.9 Å². The standard InChI is InChI=1S/C16H25NO2/c1-3-17-10-16(15-6-4-13(2)5-7-15)19-12-14-8-9-18-11-14/h4-7,14,16-17H,3,8-12H2,1-2H3. The van der Waals surface area contributed by atoms with E-state index in [2.05, 4.69) is 43.4 Å². The lowest BCUT2D eigenvalue weighted by atomic mass is 10.1. The van der Waals surface area contributed by atoms with E-state index in [4.69, 9.17) is 9.47 Å². The molecule has 1 saturated heterocycles. The molecule has 1 aliphatic heterocycles. The number of hydrogen-bond acceptors (Lipinski definition) is 3. The molecule has 0 aromatic heterocycles. The van der Waals surface area contributed by atoms with E-state index in [1.54, 1.807) is 0 Å². The van der Waals surface area contributed by atoms with Gasteiger partial charge in [0, 0.05) is 19.1 Å². The van der Waals surface area contributed by atoms with Crippen molar-refractivity contribution in [3.63, 3.8) is 0 Å². The molecular weight excluding hydrogens is 238 g/mol. The molecule has 1 fully saturated rings. The molecule has 1 heterocycles. The number of nitrogens with one attached hydrogen (secondary N) is 1. The Labute approximate surface area is 116 Å². The fourth-order valence-corrected chi connectivity index (χ4v) is 2.30. The second-order valence-electron chi connectivity index (χ2n) is 5.27. The van der Waals surface area contributed by atoms with Gasteiger partial charge in [0.2, 0.25) is 0 Å². The van der Waals surface area contributed by atoms with Crippen LogP contribution in [-0.2, 0) is 9.47 Å². The highest BCUT2D eigenvalue weighted by molar-refractivity contribution is 5.23. The van der Waals surface area contributed by atoms with Crippen molar-refractivity contribution >= 4 is 0 Å². The van der Waals surface area contributed by atoms with Crippen molar-refractivity contribution in [3.8, 4) is 0 Å². The molecule has 2 unspecified atom stereocenters. The van der Waals surface area contributed by atoms with Gasteiger partial charge in [0.25, 0.3) is 0 Å². The summed E-state index contributed by atoms with van der Waals surface area (Å²) in [6, 6.07) is 8.64. The van der Waals surface area contributed by atoms with Crippen molar-refractivity contribution in [1.82, 2.24) is 5.32 Å². The summed E-state index contributed by atoms with van der Waals surface area (Å²) in [7, 11) is 0. The average molecular weight is 263 g/mol. The molecule has 0 spiro atoms. The summed E-state index contributed by atoms with van der Waals surface area (Å²) in [5.41, 5.74) is 2.54. The number of benzene rings is 1. The van der Waals surface area contributed by atoms with Gasteiger partial charge in [-0.05, 0) is 25.5 Å². The zero-order chi connectivity index (χ0) is 13.5. The molecule has 1 aliphatic rings. The van der Waals surface area contributed by atoms with E-state index in [1.807, 2.05) is 0 Å². The summed E-state index contributed by atoms with van der Waals surface area (Å²) in [5, 5.41) is 3.38. The van der Waals surface area contributed by atoms with Gasteiger partial charge in [0.1, 0.15) is 0 Å². The van der Waals surface area contributed by atoms with Gasteiger partial charge in [-0.3, -0.25) is 0 Å². The fraction of sp³-hybridized carbons (Fsp3) is 0.625.